The van der Waals surface area contributed by atoms with Gasteiger partial charge in [-0.25, -0.2) is 9.78 Å². The van der Waals surface area contributed by atoms with E-state index in [4.69, 9.17) is 5.11 Å². The summed E-state index contributed by atoms with van der Waals surface area (Å²) in [6.45, 7) is 5.94. The van der Waals surface area contributed by atoms with E-state index in [1.54, 1.807) is 17.4 Å². The molecule has 0 radical (unpaired) electrons. The summed E-state index contributed by atoms with van der Waals surface area (Å²) in [4.78, 5) is 19.3. The van der Waals surface area contributed by atoms with Crippen LogP contribution in [0.3, 0.4) is 0 Å². The summed E-state index contributed by atoms with van der Waals surface area (Å²) in [5.41, 5.74) is 3.76. The van der Waals surface area contributed by atoms with Crippen LogP contribution in [0.15, 0.2) is 18.2 Å². The molecule has 1 aliphatic rings. The van der Waals surface area contributed by atoms with E-state index in [1.165, 1.54) is 4.88 Å². The van der Waals surface area contributed by atoms with Crippen LogP contribution < -0.4 is 4.90 Å². The number of fused-ring (bicyclic) bond motifs is 1. The predicted octanol–water partition coefficient (Wildman–Crippen LogP) is 3.41. The Morgan fingerprint density at radius 3 is 2.90 bits per heavy atom. The van der Waals surface area contributed by atoms with Gasteiger partial charge in [-0.1, -0.05) is 0 Å². The number of nitrogens with zero attached hydrogens (tertiary/aromatic N) is 2. The van der Waals surface area contributed by atoms with Crippen molar-refractivity contribution in [2.24, 2.45) is 0 Å². The first-order chi connectivity index (χ1) is 10.0. The smallest absolute Gasteiger partial charge is 0.335 e. The van der Waals surface area contributed by atoms with Crippen molar-refractivity contribution in [2.75, 3.05) is 11.4 Å². The Balaban J connectivity index is 1.88. The highest BCUT2D eigenvalue weighted by Crippen LogP contribution is 2.30. The van der Waals surface area contributed by atoms with Crippen molar-refractivity contribution in [1.29, 1.82) is 0 Å². The van der Waals surface area contributed by atoms with Crippen molar-refractivity contribution >= 4 is 23.0 Å². The first kappa shape index (κ1) is 14.1. The number of benzene rings is 1. The Bertz CT molecular complexity index is 674. The molecule has 110 valence electrons. The van der Waals surface area contributed by atoms with E-state index in [9.17, 15) is 4.79 Å². The van der Waals surface area contributed by atoms with E-state index in [0.717, 1.165) is 47.9 Å². The summed E-state index contributed by atoms with van der Waals surface area (Å²) in [7, 11) is 0. The fourth-order valence-corrected chi connectivity index (χ4v) is 3.69. The van der Waals surface area contributed by atoms with Gasteiger partial charge in [-0.15, -0.1) is 11.3 Å². The highest BCUT2D eigenvalue weighted by Gasteiger charge is 2.19. The summed E-state index contributed by atoms with van der Waals surface area (Å²) >= 11 is 1.74. The largest absolute Gasteiger partial charge is 0.478 e. The minimum absolute atomic E-state index is 0.372. The Labute approximate surface area is 128 Å². The van der Waals surface area contributed by atoms with Crippen LogP contribution in [-0.4, -0.2) is 22.6 Å². The Morgan fingerprint density at radius 2 is 2.24 bits per heavy atom. The van der Waals surface area contributed by atoms with Crippen LogP contribution in [0.25, 0.3) is 0 Å². The quantitative estimate of drug-likeness (QED) is 0.944. The fraction of sp³-hybridized carbons (Fsp3) is 0.375. The molecule has 2 aromatic rings. The number of rotatable bonds is 3. The van der Waals surface area contributed by atoms with Gasteiger partial charge < -0.3 is 10.0 Å². The lowest BCUT2D eigenvalue weighted by molar-refractivity contribution is 0.0697. The van der Waals surface area contributed by atoms with Gasteiger partial charge in [0.2, 0.25) is 0 Å². The van der Waals surface area contributed by atoms with Gasteiger partial charge in [-0.2, -0.15) is 0 Å². The molecule has 2 heterocycles. The van der Waals surface area contributed by atoms with E-state index in [0.29, 0.717) is 5.56 Å². The molecule has 5 heteroatoms. The van der Waals surface area contributed by atoms with Crippen LogP contribution in [0.1, 0.15) is 37.9 Å². The maximum Gasteiger partial charge on any atom is 0.335 e. The molecule has 21 heavy (non-hydrogen) atoms. The minimum Gasteiger partial charge on any atom is -0.478 e. The van der Waals surface area contributed by atoms with Gasteiger partial charge in [0.25, 0.3) is 0 Å². The molecule has 4 nitrogen and oxygen atoms in total. The molecule has 0 aliphatic carbocycles. The van der Waals surface area contributed by atoms with Gasteiger partial charge >= 0.3 is 5.97 Å². The molecule has 0 bridgehead atoms. The highest BCUT2D eigenvalue weighted by molar-refractivity contribution is 7.11. The maximum absolute atomic E-state index is 11.1. The van der Waals surface area contributed by atoms with Gasteiger partial charge in [0, 0.05) is 17.1 Å². The van der Waals surface area contributed by atoms with E-state index >= 15 is 0 Å². The molecule has 0 fully saturated rings. The number of hydrogen-bond acceptors (Lipinski definition) is 4. The van der Waals surface area contributed by atoms with Gasteiger partial charge in [0.05, 0.1) is 17.8 Å². The Kier molecular flexibility index (Phi) is 3.68. The molecule has 1 aliphatic heterocycles. The molecule has 0 spiro atoms. The van der Waals surface area contributed by atoms with E-state index in [-0.39, 0.29) is 0 Å². The summed E-state index contributed by atoms with van der Waals surface area (Å²) < 4.78 is 0. The van der Waals surface area contributed by atoms with Gasteiger partial charge in [0.15, 0.2) is 0 Å². The molecule has 0 unspecified atom stereocenters. The van der Waals surface area contributed by atoms with Crippen molar-refractivity contribution in [2.45, 2.75) is 33.2 Å². The first-order valence-electron chi connectivity index (χ1n) is 7.08. The lowest BCUT2D eigenvalue weighted by Gasteiger charge is -2.30. The third-order valence-corrected chi connectivity index (χ3v) is 5.00. The molecule has 3 rings (SSSR count). The zero-order valence-electron chi connectivity index (χ0n) is 12.2. The summed E-state index contributed by atoms with van der Waals surface area (Å²) in [5, 5.41) is 10.2. The van der Waals surface area contributed by atoms with E-state index in [1.807, 2.05) is 19.1 Å². The van der Waals surface area contributed by atoms with Crippen molar-refractivity contribution < 1.29 is 9.90 Å². The molecule has 0 saturated heterocycles. The van der Waals surface area contributed by atoms with Crippen molar-refractivity contribution in [3.63, 3.8) is 0 Å². The summed E-state index contributed by atoms with van der Waals surface area (Å²) in [6.07, 6.45) is 2.00. The molecule has 1 N–H and O–H groups in total. The topological polar surface area (TPSA) is 53.4 Å². The molecule has 1 aromatic carbocycles. The second kappa shape index (κ2) is 5.48. The Morgan fingerprint density at radius 1 is 1.43 bits per heavy atom. The Hall–Kier alpha value is -1.88. The van der Waals surface area contributed by atoms with Crippen molar-refractivity contribution in [3.05, 3.63) is 44.9 Å². The van der Waals surface area contributed by atoms with Crippen molar-refractivity contribution in [3.8, 4) is 0 Å². The average molecular weight is 302 g/mol. The summed E-state index contributed by atoms with van der Waals surface area (Å²) in [6, 6.07) is 5.44. The lowest BCUT2D eigenvalue weighted by Crippen LogP contribution is -2.29. The fourth-order valence-electron chi connectivity index (χ4n) is 2.74. The van der Waals surface area contributed by atoms with Gasteiger partial charge in [-0.3, -0.25) is 0 Å². The number of aromatic carboxylic acids is 1. The van der Waals surface area contributed by atoms with Crippen LogP contribution in [-0.2, 0) is 13.0 Å². The van der Waals surface area contributed by atoms with Crippen LogP contribution in [0, 0.1) is 13.8 Å². The number of carbonyl (C=O) groups is 1. The normalized spacial score (nSPS) is 14.1. The second-order valence-corrected chi connectivity index (χ2v) is 6.71. The zero-order chi connectivity index (χ0) is 15.0. The number of hydrogen-bond donors (Lipinski definition) is 1. The molecule has 1 aromatic heterocycles. The molecular formula is C16H18N2O2S. The highest BCUT2D eigenvalue weighted by atomic mass is 32.1. The second-order valence-electron chi connectivity index (χ2n) is 5.42. The van der Waals surface area contributed by atoms with Crippen LogP contribution in [0.5, 0.6) is 0 Å². The first-order valence-corrected chi connectivity index (χ1v) is 7.90. The maximum atomic E-state index is 11.1. The number of carboxylic acid groups (broad SMARTS) is 1. The minimum atomic E-state index is -0.860. The molecule has 0 saturated carbocycles. The number of aryl methyl sites for hydroxylation is 3. The number of anilines is 1. The van der Waals surface area contributed by atoms with Crippen LogP contribution >= 0.6 is 11.3 Å². The number of carboxylic acids is 1. The molecular weight excluding hydrogens is 284 g/mol. The lowest BCUT2D eigenvalue weighted by atomic mass is 9.99. The molecule has 0 amide bonds. The number of aromatic nitrogens is 1. The predicted molar refractivity (Wildman–Crippen MR) is 84.4 cm³/mol. The van der Waals surface area contributed by atoms with Gasteiger partial charge in [-0.05, 0) is 50.5 Å². The van der Waals surface area contributed by atoms with Crippen molar-refractivity contribution in [1.82, 2.24) is 4.98 Å². The zero-order valence-corrected chi connectivity index (χ0v) is 13.0. The monoisotopic (exact) mass is 302 g/mol. The van der Waals surface area contributed by atoms with Gasteiger partial charge in [0.1, 0.15) is 5.01 Å². The third kappa shape index (κ3) is 2.78. The number of thiazole rings is 1. The molecule has 0 atom stereocenters. The standard InChI is InChI=1S/C16H18N2O2S/c1-10-11(2)21-15(17-10)9-18-7-3-4-12-8-13(16(19)20)5-6-14(12)18/h5-6,8H,3-4,7,9H2,1-2H3,(H,19,20). The average Bonchev–Trinajstić information content (AvgIpc) is 2.77. The van der Waals surface area contributed by atoms with E-state index < -0.39 is 5.97 Å². The van der Waals surface area contributed by atoms with Crippen LogP contribution in [0.4, 0.5) is 5.69 Å². The van der Waals surface area contributed by atoms with Crippen LogP contribution in [0.2, 0.25) is 0 Å². The van der Waals surface area contributed by atoms with E-state index in [2.05, 4.69) is 16.8 Å². The summed E-state index contributed by atoms with van der Waals surface area (Å²) in [5.74, 6) is -0.860. The SMILES string of the molecule is Cc1nc(CN2CCCc3cc(C(=O)O)ccc32)sc1C. The third-order valence-electron chi connectivity index (χ3n) is 3.94.